The van der Waals surface area contributed by atoms with E-state index in [4.69, 9.17) is 4.74 Å². The van der Waals surface area contributed by atoms with Gasteiger partial charge in [-0.1, -0.05) is 30.4 Å². The molecule has 158 valence electrons. The average Bonchev–Trinajstić information content (AvgIpc) is 3.00. The summed E-state index contributed by atoms with van der Waals surface area (Å²) in [6, 6.07) is 9.23. The fourth-order valence-corrected chi connectivity index (χ4v) is 3.38. The summed E-state index contributed by atoms with van der Waals surface area (Å²) >= 11 is 0. The van der Waals surface area contributed by atoms with Crippen molar-refractivity contribution < 1.29 is 29.6 Å². The Morgan fingerprint density at radius 3 is 2.72 bits per heavy atom. The zero-order valence-electron chi connectivity index (χ0n) is 16.7. The summed E-state index contributed by atoms with van der Waals surface area (Å²) in [7, 11) is 1.35. The predicted octanol–water partition coefficient (Wildman–Crippen LogP) is 2.40. The van der Waals surface area contributed by atoms with Gasteiger partial charge in [-0.15, -0.1) is 5.73 Å². The Morgan fingerprint density at radius 1 is 1.24 bits per heavy atom. The number of hydrogen-bond acceptors (Lipinski definition) is 6. The molecule has 1 aliphatic rings. The number of rotatable bonds is 10. The minimum absolute atomic E-state index is 0.110. The molecule has 0 amide bonds. The van der Waals surface area contributed by atoms with E-state index in [1.54, 1.807) is 24.3 Å². The van der Waals surface area contributed by atoms with E-state index in [0.29, 0.717) is 31.4 Å². The maximum absolute atomic E-state index is 11.1. The van der Waals surface area contributed by atoms with Crippen molar-refractivity contribution in [1.29, 1.82) is 0 Å². The second kappa shape index (κ2) is 12.2. The summed E-state index contributed by atoms with van der Waals surface area (Å²) < 4.78 is 10.1. The summed E-state index contributed by atoms with van der Waals surface area (Å²) in [5.74, 6) is -0.00911. The molecule has 0 aliphatic heterocycles. The van der Waals surface area contributed by atoms with Crippen LogP contribution in [0.2, 0.25) is 0 Å². The van der Waals surface area contributed by atoms with Gasteiger partial charge in [-0.05, 0) is 43.0 Å². The van der Waals surface area contributed by atoms with E-state index < -0.39 is 18.3 Å². The highest BCUT2D eigenvalue weighted by Gasteiger charge is 2.39. The largest absolute Gasteiger partial charge is 0.491 e. The Hall–Kier alpha value is -2.37. The smallest absolute Gasteiger partial charge is 0.305 e. The van der Waals surface area contributed by atoms with Gasteiger partial charge in [-0.2, -0.15) is 0 Å². The first-order valence-electron chi connectivity index (χ1n) is 9.87. The summed E-state index contributed by atoms with van der Waals surface area (Å²) in [6.45, 7) is 0.110. The lowest BCUT2D eigenvalue weighted by Gasteiger charge is -2.19. The number of allylic oxidation sites excluding steroid dienone is 1. The molecule has 0 spiro atoms. The molecule has 0 unspecified atom stereocenters. The second-order valence-corrected chi connectivity index (χ2v) is 7.11. The standard InChI is InChI=1S/C23H30O6/c1-28-23(27)12-8-3-2-7-11-19-20(22(26)15-21(19)25)14-13-17(24)16-29-18-9-5-4-6-10-18/h3-7,9-10,13-14,17,19-22,24-26H,8,11-12,15-16H2,1H3/b14-13+/t2?,17-,19-,20-,21+,22-/m0/s1. The van der Waals surface area contributed by atoms with Crippen LogP contribution >= 0.6 is 0 Å². The van der Waals surface area contributed by atoms with Gasteiger partial charge < -0.3 is 24.8 Å². The Kier molecular flexibility index (Phi) is 9.68. The molecule has 0 heterocycles. The maximum Gasteiger partial charge on any atom is 0.305 e. The van der Waals surface area contributed by atoms with E-state index in [2.05, 4.69) is 10.5 Å². The van der Waals surface area contributed by atoms with Crippen molar-refractivity contribution in [2.24, 2.45) is 11.8 Å². The summed E-state index contributed by atoms with van der Waals surface area (Å²) in [4.78, 5) is 11.1. The van der Waals surface area contributed by atoms with E-state index in [1.165, 1.54) is 7.11 Å². The first kappa shape index (κ1) is 22.9. The minimum atomic E-state index is -0.811. The van der Waals surface area contributed by atoms with Crippen LogP contribution in [0.1, 0.15) is 25.7 Å². The van der Waals surface area contributed by atoms with Crippen molar-refractivity contribution in [2.75, 3.05) is 13.7 Å². The number of aliphatic hydroxyl groups excluding tert-OH is 3. The highest BCUT2D eigenvalue weighted by Crippen LogP contribution is 2.36. The third-order valence-corrected chi connectivity index (χ3v) is 4.98. The van der Waals surface area contributed by atoms with Crippen LogP contribution in [0.3, 0.4) is 0 Å². The van der Waals surface area contributed by atoms with E-state index in [-0.39, 0.29) is 24.4 Å². The van der Waals surface area contributed by atoms with Gasteiger partial charge in [0, 0.05) is 18.8 Å². The number of esters is 1. The Labute approximate surface area is 171 Å². The lowest BCUT2D eigenvalue weighted by atomic mass is 9.90. The van der Waals surface area contributed by atoms with E-state index in [0.717, 1.165) is 0 Å². The maximum atomic E-state index is 11.1. The molecule has 0 bridgehead atoms. The van der Waals surface area contributed by atoms with Gasteiger partial charge in [0.15, 0.2) is 0 Å². The van der Waals surface area contributed by atoms with Crippen LogP contribution < -0.4 is 4.74 Å². The zero-order valence-corrected chi connectivity index (χ0v) is 16.7. The molecule has 6 nitrogen and oxygen atoms in total. The molecule has 1 fully saturated rings. The van der Waals surface area contributed by atoms with Crippen LogP contribution in [0.25, 0.3) is 0 Å². The number of para-hydroxylation sites is 1. The van der Waals surface area contributed by atoms with Crippen LogP contribution in [0.15, 0.2) is 60.4 Å². The lowest BCUT2D eigenvalue weighted by molar-refractivity contribution is -0.140. The topological polar surface area (TPSA) is 96.2 Å². The van der Waals surface area contributed by atoms with Crippen LogP contribution in [0, 0.1) is 11.8 Å². The van der Waals surface area contributed by atoms with Gasteiger partial charge in [0.1, 0.15) is 18.5 Å². The highest BCUT2D eigenvalue weighted by atomic mass is 16.5. The quantitative estimate of drug-likeness (QED) is 0.316. The Balaban J connectivity index is 1.85. The van der Waals surface area contributed by atoms with Crippen molar-refractivity contribution in [3.8, 4) is 5.75 Å². The number of carbonyl (C=O) groups is 1. The number of methoxy groups -OCH3 is 1. The molecule has 1 saturated carbocycles. The molecule has 29 heavy (non-hydrogen) atoms. The van der Waals surface area contributed by atoms with Crippen LogP contribution in [-0.4, -0.2) is 53.3 Å². The fraction of sp³-hybridized carbons (Fsp3) is 0.478. The van der Waals surface area contributed by atoms with Gasteiger partial charge in [-0.3, -0.25) is 4.79 Å². The SMILES string of the molecule is COC(=O)CCC=C=CC[C@H]1[C@H](/C=C/[C@H](O)COc2ccccc2)[C@@H](O)C[C@H]1O. The number of carbonyl (C=O) groups excluding carboxylic acids is 1. The Bertz CT molecular complexity index is 707. The molecular weight excluding hydrogens is 372 g/mol. The van der Waals surface area contributed by atoms with Crippen molar-refractivity contribution in [1.82, 2.24) is 0 Å². The molecule has 0 radical (unpaired) electrons. The average molecular weight is 402 g/mol. The lowest BCUT2D eigenvalue weighted by Crippen LogP contribution is -2.21. The normalized spacial score (nSPS) is 24.7. The van der Waals surface area contributed by atoms with Gasteiger partial charge in [-0.25, -0.2) is 0 Å². The highest BCUT2D eigenvalue weighted by molar-refractivity contribution is 5.69. The van der Waals surface area contributed by atoms with Crippen LogP contribution in [-0.2, 0) is 9.53 Å². The summed E-state index contributed by atoms with van der Waals surface area (Å²) in [5, 5.41) is 30.6. The van der Waals surface area contributed by atoms with Crippen molar-refractivity contribution in [3.63, 3.8) is 0 Å². The van der Waals surface area contributed by atoms with Crippen LogP contribution in [0.4, 0.5) is 0 Å². The molecular formula is C23H30O6. The van der Waals surface area contributed by atoms with Gasteiger partial charge in [0.05, 0.1) is 19.3 Å². The number of aliphatic hydroxyl groups is 3. The molecule has 3 N–H and O–H groups in total. The fourth-order valence-electron chi connectivity index (χ4n) is 3.38. The number of ether oxygens (including phenoxy) is 2. The van der Waals surface area contributed by atoms with Gasteiger partial charge >= 0.3 is 5.97 Å². The minimum Gasteiger partial charge on any atom is -0.491 e. The predicted molar refractivity (Wildman–Crippen MR) is 109 cm³/mol. The number of hydrogen-bond donors (Lipinski definition) is 3. The van der Waals surface area contributed by atoms with Crippen molar-refractivity contribution in [3.05, 3.63) is 60.4 Å². The van der Waals surface area contributed by atoms with E-state index in [9.17, 15) is 20.1 Å². The second-order valence-electron chi connectivity index (χ2n) is 7.11. The third-order valence-electron chi connectivity index (χ3n) is 4.98. The number of benzene rings is 1. The summed E-state index contributed by atoms with van der Waals surface area (Å²) in [5.41, 5.74) is 3.01. The van der Waals surface area contributed by atoms with Crippen molar-refractivity contribution >= 4 is 5.97 Å². The van der Waals surface area contributed by atoms with Crippen LogP contribution in [0.5, 0.6) is 5.75 Å². The van der Waals surface area contributed by atoms with Gasteiger partial charge in [0.25, 0.3) is 0 Å². The molecule has 0 saturated heterocycles. The molecule has 1 aromatic carbocycles. The molecule has 5 atom stereocenters. The van der Waals surface area contributed by atoms with E-state index in [1.807, 2.05) is 30.3 Å². The molecule has 0 aromatic heterocycles. The first-order chi connectivity index (χ1) is 14.0. The molecule has 1 aromatic rings. The van der Waals surface area contributed by atoms with E-state index >= 15 is 0 Å². The first-order valence-corrected chi connectivity index (χ1v) is 9.87. The molecule has 2 rings (SSSR count). The monoisotopic (exact) mass is 402 g/mol. The zero-order chi connectivity index (χ0) is 21.1. The summed E-state index contributed by atoms with van der Waals surface area (Å²) in [6.07, 6.45) is 6.52. The third kappa shape index (κ3) is 7.87. The molecule has 1 aliphatic carbocycles. The van der Waals surface area contributed by atoms with Gasteiger partial charge in [0.2, 0.25) is 0 Å². The van der Waals surface area contributed by atoms with Crippen molar-refractivity contribution in [2.45, 2.75) is 44.0 Å². The Morgan fingerprint density at radius 2 is 2.00 bits per heavy atom. The molecule has 6 heteroatoms.